The first-order valence-corrected chi connectivity index (χ1v) is 40.9. The normalized spacial score (nSPS) is 12.9. The van der Waals surface area contributed by atoms with Gasteiger partial charge in [-0.05, 0) is 65.7 Å². The zero-order chi connectivity index (χ0) is 69.5. The van der Waals surface area contributed by atoms with Crippen molar-refractivity contribution in [3.05, 3.63) is 370 Å². The summed E-state index contributed by atoms with van der Waals surface area (Å²) in [5, 5.41) is 5.33. The van der Waals surface area contributed by atoms with Crippen molar-refractivity contribution in [1.82, 2.24) is 0 Å². The van der Waals surface area contributed by atoms with Crippen LogP contribution >= 0.6 is 0 Å². The molecule has 0 bridgehead atoms. The Labute approximate surface area is 635 Å². The van der Waals surface area contributed by atoms with Crippen molar-refractivity contribution in [2.75, 3.05) is 24.5 Å². The maximum Gasteiger partial charge on any atom is -0.0543 e. The van der Waals surface area contributed by atoms with Crippen LogP contribution < -0.4 is 62.0 Å². The van der Waals surface area contributed by atoms with Gasteiger partial charge in [-0.1, -0.05) is 152 Å². The summed E-state index contributed by atoms with van der Waals surface area (Å²) >= 11 is -1.31. The summed E-state index contributed by atoms with van der Waals surface area (Å²) in [5.74, 6) is 1.65. The van der Waals surface area contributed by atoms with Crippen molar-refractivity contribution in [3.8, 4) is 33.8 Å². The van der Waals surface area contributed by atoms with E-state index in [2.05, 4.69) is 395 Å². The van der Waals surface area contributed by atoms with Crippen molar-refractivity contribution in [3.63, 3.8) is 0 Å². The van der Waals surface area contributed by atoms with Crippen LogP contribution in [-0.4, -0.2) is 54.3 Å². The van der Waals surface area contributed by atoms with E-state index in [0.29, 0.717) is 0 Å². The molecule has 4 aliphatic rings. The summed E-state index contributed by atoms with van der Waals surface area (Å²) in [4.78, 5) is 12.8. The van der Waals surface area contributed by atoms with Crippen LogP contribution in [0.1, 0.15) is 0 Å². The van der Waals surface area contributed by atoms with Gasteiger partial charge in [0.25, 0.3) is 0 Å². The Kier molecular flexibility index (Phi) is 14.4. The maximum absolute atomic E-state index is 8.20. The van der Waals surface area contributed by atoms with Gasteiger partial charge >= 0.3 is 357 Å². The summed E-state index contributed by atoms with van der Waals surface area (Å²) in [6, 6.07) is 138. The molecular formula is C96H61B2N5OTe2. The molecule has 494 valence electrons. The van der Waals surface area contributed by atoms with Gasteiger partial charge in [0.05, 0.1) is 11.4 Å². The van der Waals surface area contributed by atoms with E-state index in [9.17, 15) is 0 Å². The van der Waals surface area contributed by atoms with Crippen molar-refractivity contribution < 1.29 is 4.74 Å². The first-order chi connectivity index (χ1) is 52.6. The largest absolute Gasteiger partial charge is 0.0616 e. The van der Waals surface area contributed by atoms with Gasteiger partial charge < -0.3 is 9.80 Å². The summed E-state index contributed by atoms with van der Waals surface area (Å²) in [6.07, 6.45) is 0. The first-order valence-electron chi connectivity index (χ1n) is 36.3. The molecule has 0 aliphatic carbocycles. The van der Waals surface area contributed by atoms with Gasteiger partial charge in [0.1, 0.15) is 0 Å². The molecule has 0 N–H and O–H groups in total. The molecule has 22 rings (SSSR count). The van der Waals surface area contributed by atoms with Crippen LogP contribution in [0.5, 0.6) is 11.5 Å². The number of rotatable bonds is 11. The van der Waals surface area contributed by atoms with Crippen LogP contribution in [-0.2, 0) is 0 Å². The third kappa shape index (κ3) is 9.59. The van der Waals surface area contributed by atoms with Gasteiger partial charge in [-0.25, -0.2) is 0 Å². The van der Waals surface area contributed by atoms with E-state index >= 15 is 0 Å². The number of hydrogen-bond donors (Lipinski definition) is 0. The Balaban J connectivity index is 0.866. The molecule has 0 saturated carbocycles. The standard InChI is InChI=1S/C96H61B2N5OTe2/c1-7-30-62(31-8-1)70-44-27-45-71(63-32-9-2-10-33-63)96(70)103-82-61-86-77(60-76(82)97-74-46-21-23-48-78(74)101(67-40-17-6-18-41-67)83-56-68(57-84(103)94(83)97)99(64-34-11-3-12-35-64)65-36-13-4-14-37-65)98-75-47-22-24-49-79(75)102(81-51-29-55-91-93(81)73-43-20-26-53-89(73)106-91)85-58-69(59-87(104-86)95(85)98)100(66-38-15-5-16-39-66)80-50-28-54-90-92(80)72-42-19-25-52-88(72)105-90/h1-61H. The van der Waals surface area contributed by atoms with Crippen molar-refractivity contribution >= 4 is 208 Å². The van der Waals surface area contributed by atoms with E-state index in [1.165, 1.54) is 62.7 Å². The Hall–Kier alpha value is -12.0. The number of hydrogen-bond acceptors (Lipinski definition) is 6. The summed E-state index contributed by atoms with van der Waals surface area (Å²) in [5.41, 5.74) is 28.0. The molecule has 18 aromatic rings. The quantitative estimate of drug-likeness (QED) is 0.120. The minimum Gasteiger partial charge on any atom is -0.0616 e. The van der Waals surface area contributed by atoms with Crippen LogP contribution in [0.4, 0.5) is 85.3 Å². The van der Waals surface area contributed by atoms with Crippen LogP contribution in [0.3, 0.4) is 0 Å². The Morgan fingerprint density at radius 2 is 0.708 bits per heavy atom. The minimum atomic E-state index is -0.665. The minimum absolute atomic E-state index is 0.243. The van der Waals surface area contributed by atoms with Crippen LogP contribution in [0.25, 0.3) is 57.4 Å². The van der Waals surface area contributed by atoms with Gasteiger partial charge in [-0.15, -0.1) is 0 Å². The molecule has 0 radical (unpaired) electrons. The summed E-state index contributed by atoms with van der Waals surface area (Å²) in [6.45, 7) is -0.493. The van der Waals surface area contributed by atoms with E-state index < -0.39 is 40.9 Å². The number of benzene rings is 16. The monoisotopic (exact) mass is 1580 g/mol. The van der Waals surface area contributed by atoms with Gasteiger partial charge in [0.2, 0.25) is 0 Å². The molecule has 0 fully saturated rings. The summed E-state index contributed by atoms with van der Waals surface area (Å²) < 4.78 is 14.1. The second-order valence-electron chi connectivity index (χ2n) is 27.8. The SMILES string of the molecule is c1ccc(-c2cccc(-c3ccccc3)c2N2c3cc4c(cc3B3c5ccccc5N(c5ccccc5)c5cc(N(c6ccccc6)c6ccccc6)cc2c53)B2c3ccccc3N(c3cccc5[te]c6ccccc6c35)c3cc(N(c5ccccc5)c5cccc6[te]c7ccccc7c56)cc(c32)O4)cc1. The fraction of sp³-hybridized carbons (Fsp3) is 0. The molecule has 0 unspecified atom stereocenters. The number of para-hydroxylation sites is 7. The van der Waals surface area contributed by atoms with Gasteiger partial charge in [-0.3, -0.25) is 0 Å². The van der Waals surface area contributed by atoms with Crippen LogP contribution in [0.15, 0.2) is 370 Å². The zero-order valence-electron chi connectivity index (χ0n) is 57.3. The van der Waals surface area contributed by atoms with Crippen molar-refractivity contribution in [2.24, 2.45) is 0 Å². The van der Waals surface area contributed by atoms with Crippen molar-refractivity contribution in [2.45, 2.75) is 0 Å². The molecule has 2 aromatic heterocycles. The Morgan fingerprint density at radius 1 is 0.264 bits per heavy atom. The maximum atomic E-state index is 8.20. The number of fused-ring (bicyclic) bond motifs is 14. The third-order valence-corrected chi connectivity index (χ3v) is 28.5. The molecule has 6 heterocycles. The van der Waals surface area contributed by atoms with Crippen LogP contribution in [0, 0.1) is 0 Å². The Bertz CT molecular complexity index is 6460. The van der Waals surface area contributed by atoms with E-state index in [0.717, 1.165) is 124 Å². The average molecular weight is 1580 g/mol. The summed E-state index contributed by atoms with van der Waals surface area (Å²) in [7, 11) is 0. The van der Waals surface area contributed by atoms with Crippen molar-refractivity contribution in [1.29, 1.82) is 0 Å². The fourth-order valence-electron chi connectivity index (χ4n) is 17.7. The van der Waals surface area contributed by atoms with E-state index in [1.54, 1.807) is 0 Å². The average Bonchev–Trinajstić information content (AvgIpc) is 0.763. The molecular weight excluding hydrogens is 1520 g/mol. The molecule has 0 saturated heterocycles. The topological polar surface area (TPSA) is 25.4 Å². The molecule has 16 aromatic carbocycles. The second kappa shape index (κ2) is 24.9. The predicted octanol–water partition coefficient (Wildman–Crippen LogP) is 21.2. The van der Waals surface area contributed by atoms with Crippen LogP contribution in [0.2, 0.25) is 0 Å². The Morgan fingerprint density at radius 3 is 1.32 bits per heavy atom. The van der Waals surface area contributed by atoms with Gasteiger partial charge in [-0.2, -0.15) is 0 Å². The third-order valence-electron chi connectivity index (χ3n) is 22.0. The molecule has 0 atom stereocenters. The first kappa shape index (κ1) is 61.5. The molecule has 6 nitrogen and oxygen atoms in total. The van der Waals surface area contributed by atoms with E-state index in [1.807, 2.05) is 0 Å². The number of ether oxygens (including phenoxy) is 1. The second-order valence-corrected chi connectivity index (χ2v) is 33.9. The predicted molar refractivity (Wildman–Crippen MR) is 450 cm³/mol. The fourth-order valence-corrected chi connectivity index (χ4v) is 24.1. The molecule has 0 amide bonds. The van der Waals surface area contributed by atoms with E-state index in [-0.39, 0.29) is 13.4 Å². The molecule has 0 spiro atoms. The van der Waals surface area contributed by atoms with Gasteiger partial charge in [0.15, 0.2) is 0 Å². The van der Waals surface area contributed by atoms with Gasteiger partial charge in [0, 0.05) is 45.3 Å². The zero-order valence-corrected chi connectivity index (χ0v) is 62.0. The molecule has 4 aliphatic heterocycles. The number of nitrogens with zero attached hydrogens (tertiary/aromatic N) is 5. The molecule has 10 heteroatoms. The van der Waals surface area contributed by atoms with E-state index in [4.69, 9.17) is 4.74 Å². The smallest absolute Gasteiger partial charge is 0.0543 e. The number of anilines is 15. The molecule has 106 heavy (non-hydrogen) atoms.